The maximum absolute atomic E-state index is 11.9. The van der Waals surface area contributed by atoms with Crippen LogP contribution in [0.3, 0.4) is 0 Å². The van der Waals surface area contributed by atoms with Gasteiger partial charge in [-0.25, -0.2) is 4.98 Å². The molecule has 3 aromatic rings. The number of aliphatic hydroxyl groups excluding tert-OH is 1. The number of nitrogens with zero attached hydrogens (tertiary/aromatic N) is 1. The van der Waals surface area contributed by atoms with Crippen molar-refractivity contribution < 1.29 is 5.11 Å². The Bertz CT molecular complexity index is 825. The quantitative estimate of drug-likeness (QED) is 0.673. The van der Waals surface area contributed by atoms with Crippen LogP contribution in [0.2, 0.25) is 0 Å². The van der Waals surface area contributed by atoms with E-state index in [9.17, 15) is 4.79 Å². The lowest BCUT2D eigenvalue weighted by Gasteiger charge is -2.07. The van der Waals surface area contributed by atoms with E-state index in [0.717, 1.165) is 17.5 Å². The van der Waals surface area contributed by atoms with Crippen LogP contribution >= 0.6 is 0 Å². The van der Waals surface area contributed by atoms with Gasteiger partial charge in [0.2, 0.25) is 5.95 Å². The minimum Gasteiger partial charge on any atom is -0.392 e. The highest BCUT2D eigenvalue weighted by Crippen LogP contribution is 2.09. The lowest BCUT2D eigenvalue weighted by molar-refractivity contribution is 0.282. The molecule has 0 fully saturated rings. The third-order valence-electron chi connectivity index (χ3n) is 3.52. The van der Waals surface area contributed by atoms with Gasteiger partial charge in [-0.15, -0.1) is 0 Å². The molecule has 3 rings (SSSR count). The highest BCUT2D eigenvalue weighted by atomic mass is 16.3. The van der Waals surface area contributed by atoms with Gasteiger partial charge in [-0.2, -0.15) is 0 Å². The molecule has 3 N–H and O–H groups in total. The first-order valence-electron chi connectivity index (χ1n) is 7.18. The number of H-pyrrole nitrogens is 1. The molecule has 22 heavy (non-hydrogen) atoms. The first-order valence-corrected chi connectivity index (χ1v) is 7.18. The van der Waals surface area contributed by atoms with Crippen molar-refractivity contribution in [2.45, 2.75) is 13.0 Å². The lowest BCUT2D eigenvalue weighted by atomic mass is 10.1. The van der Waals surface area contributed by atoms with Crippen molar-refractivity contribution in [1.82, 2.24) is 9.97 Å². The van der Waals surface area contributed by atoms with Gasteiger partial charge < -0.3 is 10.4 Å². The van der Waals surface area contributed by atoms with Gasteiger partial charge in [-0.05, 0) is 29.7 Å². The molecule has 1 heterocycles. The summed E-state index contributed by atoms with van der Waals surface area (Å²) in [5, 5.41) is 12.7. The maximum atomic E-state index is 11.9. The third-order valence-corrected chi connectivity index (χ3v) is 3.52. The topological polar surface area (TPSA) is 78.0 Å². The number of aromatic amines is 1. The molecule has 0 amide bonds. The molecule has 0 atom stereocenters. The Balaban J connectivity index is 1.67. The summed E-state index contributed by atoms with van der Waals surface area (Å²) in [4.78, 5) is 19.1. The smallest absolute Gasteiger partial charge is 0.260 e. The number of hydrogen-bond acceptors (Lipinski definition) is 4. The molecule has 0 unspecified atom stereocenters. The number of rotatable bonds is 5. The second-order valence-electron chi connectivity index (χ2n) is 5.08. The third kappa shape index (κ3) is 3.15. The highest BCUT2D eigenvalue weighted by molar-refractivity contribution is 5.78. The van der Waals surface area contributed by atoms with E-state index in [4.69, 9.17) is 5.11 Å². The number of aromatic nitrogens is 2. The molecular formula is C17H17N3O2. The van der Waals surface area contributed by atoms with Crippen LogP contribution < -0.4 is 10.9 Å². The van der Waals surface area contributed by atoms with Crippen molar-refractivity contribution in [1.29, 1.82) is 0 Å². The van der Waals surface area contributed by atoms with Gasteiger partial charge in [0, 0.05) is 6.54 Å². The summed E-state index contributed by atoms with van der Waals surface area (Å²) >= 11 is 0. The van der Waals surface area contributed by atoms with Gasteiger partial charge in [0.05, 0.1) is 17.5 Å². The maximum Gasteiger partial charge on any atom is 0.260 e. The largest absolute Gasteiger partial charge is 0.392 e. The zero-order chi connectivity index (χ0) is 15.4. The van der Waals surface area contributed by atoms with Crippen LogP contribution in [0.1, 0.15) is 11.1 Å². The van der Waals surface area contributed by atoms with Crippen LogP contribution in [0.15, 0.2) is 53.3 Å². The molecule has 0 spiro atoms. The summed E-state index contributed by atoms with van der Waals surface area (Å²) < 4.78 is 0. The van der Waals surface area contributed by atoms with Crippen molar-refractivity contribution in [2.75, 3.05) is 11.9 Å². The van der Waals surface area contributed by atoms with E-state index < -0.39 is 0 Å². The Labute approximate surface area is 127 Å². The Morgan fingerprint density at radius 3 is 2.55 bits per heavy atom. The fourth-order valence-corrected chi connectivity index (χ4v) is 2.31. The van der Waals surface area contributed by atoms with E-state index >= 15 is 0 Å². The Morgan fingerprint density at radius 1 is 1.05 bits per heavy atom. The van der Waals surface area contributed by atoms with Crippen LogP contribution in [0.5, 0.6) is 0 Å². The molecule has 0 aliphatic rings. The number of fused-ring (bicyclic) bond motifs is 1. The zero-order valence-electron chi connectivity index (χ0n) is 12.0. The Hall–Kier alpha value is -2.66. The number of nitrogens with one attached hydrogen (secondary N) is 2. The molecule has 5 nitrogen and oxygen atoms in total. The van der Waals surface area contributed by atoms with E-state index in [2.05, 4.69) is 15.3 Å². The van der Waals surface area contributed by atoms with E-state index in [-0.39, 0.29) is 12.2 Å². The Morgan fingerprint density at radius 2 is 1.77 bits per heavy atom. The van der Waals surface area contributed by atoms with E-state index in [0.29, 0.717) is 23.4 Å². The summed E-state index contributed by atoms with van der Waals surface area (Å²) in [6, 6.07) is 15.1. The van der Waals surface area contributed by atoms with Gasteiger partial charge in [0.25, 0.3) is 5.56 Å². The number of anilines is 1. The standard InChI is InChI=1S/C17H17N3O2/c21-11-13-7-5-12(6-8-13)9-10-18-17-19-15-4-2-1-3-14(15)16(22)20-17/h1-8,21H,9-11H2,(H2,18,19,20,22). The predicted octanol–water partition coefficient (Wildman–Crippen LogP) is 2.07. The summed E-state index contributed by atoms with van der Waals surface area (Å²) in [7, 11) is 0. The van der Waals surface area contributed by atoms with Gasteiger partial charge in [-0.1, -0.05) is 36.4 Å². The average molecular weight is 295 g/mol. The van der Waals surface area contributed by atoms with Crippen LogP contribution in [-0.2, 0) is 13.0 Å². The molecule has 0 aliphatic heterocycles. The average Bonchev–Trinajstić information content (AvgIpc) is 2.56. The van der Waals surface area contributed by atoms with Crippen molar-refractivity contribution >= 4 is 16.9 Å². The monoisotopic (exact) mass is 295 g/mol. The van der Waals surface area contributed by atoms with Crippen molar-refractivity contribution in [3.8, 4) is 0 Å². The van der Waals surface area contributed by atoms with Gasteiger partial charge >= 0.3 is 0 Å². The predicted molar refractivity (Wildman–Crippen MR) is 86.9 cm³/mol. The summed E-state index contributed by atoms with van der Waals surface area (Å²) in [6.07, 6.45) is 0.808. The number of hydrogen-bond donors (Lipinski definition) is 3. The first kappa shape index (κ1) is 14.3. The normalized spacial score (nSPS) is 10.8. The van der Waals surface area contributed by atoms with Crippen LogP contribution in [-0.4, -0.2) is 21.6 Å². The fraction of sp³-hybridized carbons (Fsp3) is 0.176. The van der Waals surface area contributed by atoms with Gasteiger partial charge in [0.1, 0.15) is 0 Å². The zero-order valence-corrected chi connectivity index (χ0v) is 12.0. The summed E-state index contributed by atoms with van der Waals surface area (Å²) in [5.41, 5.74) is 2.60. The molecule has 1 aromatic heterocycles. The second-order valence-corrected chi connectivity index (χ2v) is 5.08. The molecule has 0 aliphatic carbocycles. The molecule has 0 radical (unpaired) electrons. The number of aliphatic hydroxyl groups is 1. The van der Waals surface area contributed by atoms with E-state index in [1.165, 1.54) is 0 Å². The van der Waals surface area contributed by atoms with E-state index in [1.54, 1.807) is 6.07 Å². The number of para-hydroxylation sites is 1. The van der Waals surface area contributed by atoms with Crippen molar-refractivity contribution in [3.05, 3.63) is 70.0 Å². The Kier molecular flexibility index (Phi) is 4.16. The molecule has 5 heteroatoms. The van der Waals surface area contributed by atoms with Gasteiger partial charge in [0.15, 0.2) is 0 Å². The minimum atomic E-state index is -0.139. The lowest BCUT2D eigenvalue weighted by Crippen LogP contribution is -2.14. The molecule has 0 bridgehead atoms. The van der Waals surface area contributed by atoms with Crippen molar-refractivity contribution in [3.63, 3.8) is 0 Å². The summed E-state index contributed by atoms with van der Waals surface area (Å²) in [5.74, 6) is 0.482. The highest BCUT2D eigenvalue weighted by Gasteiger charge is 2.02. The van der Waals surface area contributed by atoms with Gasteiger partial charge in [-0.3, -0.25) is 9.78 Å². The fourth-order valence-electron chi connectivity index (χ4n) is 2.31. The van der Waals surface area contributed by atoms with Crippen LogP contribution in [0, 0.1) is 0 Å². The molecule has 112 valence electrons. The van der Waals surface area contributed by atoms with E-state index in [1.807, 2.05) is 42.5 Å². The minimum absolute atomic E-state index is 0.0563. The van der Waals surface area contributed by atoms with Crippen LogP contribution in [0.4, 0.5) is 5.95 Å². The SMILES string of the molecule is O=c1[nH]c(NCCc2ccc(CO)cc2)nc2ccccc12. The van der Waals surface area contributed by atoms with Crippen molar-refractivity contribution in [2.24, 2.45) is 0 Å². The molecule has 0 saturated heterocycles. The second kappa shape index (κ2) is 6.41. The number of benzene rings is 2. The molecule has 2 aromatic carbocycles. The molecular weight excluding hydrogens is 278 g/mol. The van der Waals surface area contributed by atoms with Crippen LogP contribution in [0.25, 0.3) is 10.9 Å². The first-order chi connectivity index (χ1) is 10.8. The summed E-state index contributed by atoms with van der Waals surface area (Å²) in [6.45, 7) is 0.723. The molecule has 0 saturated carbocycles.